The first-order chi connectivity index (χ1) is 8.44. The Hall–Kier alpha value is -0.250. The molecule has 19 heavy (non-hydrogen) atoms. The fourth-order valence-corrected chi connectivity index (χ4v) is 2.98. The van der Waals surface area contributed by atoms with Crippen LogP contribution in [0, 0.1) is 0 Å². The Morgan fingerprint density at radius 2 is 2.16 bits per heavy atom. The van der Waals surface area contributed by atoms with Gasteiger partial charge in [-0.05, 0) is 24.6 Å². The molecule has 0 fully saturated rings. The molecule has 1 aromatic carbocycles. The number of imidazole rings is 1. The van der Waals surface area contributed by atoms with Gasteiger partial charge in [0.1, 0.15) is 0 Å². The number of thioether (sulfide) groups is 1. The Kier molecular flexibility index (Phi) is 6.15. The van der Waals surface area contributed by atoms with Gasteiger partial charge in [-0.25, -0.2) is 13.4 Å². The van der Waals surface area contributed by atoms with Crippen LogP contribution < -0.4 is 35.3 Å². The van der Waals surface area contributed by atoms with Gasteiger partial charge in [0.2, 0.25) is 0 Å². The molecular formula is C10H12N3NaO3S2. The maximum atomic E-state index is 10.4. The predicted molar refractivity (Wildman–Crippen MR) is 70.4 cm³/mol. The summed E-state index contributed by atoms with van der Waals surface area (Å²) >= 11 is 1.38. The number of benzene rings is 1. The number of nitrogens with two attached hydrogens (primary N) is 1. The Labute approximate surface area is 137 Å². The number of fused-ring (bicyclic) bond motifs is 1. The number of rotatable bonds is 5. The third-order valence-electron chi connectivity index (χ3n) is 2.26. The molecule has 0 aliphatic rings. The van der Waals surface area contributed by atoms with Crippen molar-refractivity contribution in [3.05, 3.63) is 18.2 Å². The second kappa shape index (κ2) is 6.96. The standard InChI is InChI=1S/C10H13N3O3S2.Na/c11-7-2-3-8-9(6-7)13-10(12-8)17-4-1-5-18(14,15)16;/h2-3,6H,1,4-5,11H2,(H,12,13)(H,14,15,16);/q;+1/p-1. The minimum Gasteiger partial charge on any atom is -0.748 e. The van der Waals surface area contributed by atoms with Gasteiger partial charge >= 0.3 is 29.6 Å². The number of nitrogens with one attached hydrogen (secondary N) is 1. The van der Waals surface area contributed by atoms with E-state index in [0.717, 1.165) is 11.0 Å². The quantitative estimate of drug-likeness (QED) is 0.221. The predicted octanol–water partition coefficient (Wildman–Crippen LogP) is -1.82. The average molecular weight is 309 g/mol. The molecule has 2 rings (SSSR count). The second-order valence-electron chi connectivity index (χ2n) is 3.78. The maximum absolute atomic E-state index is 10.4. The van der Waals surface area contributed by atoms with Crippen LogP contribution in [0.5, 0.6) is 0 Å². The number of aromatic amines is 1. The Bertz CT molecular complexity index is 657. The van der Waals surface area contributed by atoms with Crippen molar-refractivity contribution in [3.8, 4) is 0 Å². The SMILES string of the molecule is Nc1ccc2nc(SCCCS(=O)(=O)[O-])[nH]c2c1.[Na+]. The first-order valence-electron chi connectivity index (χ1n) is 5.26. The number of hydrogen-bond donors (Lipinski definition) is 2. The van der Waals surface area contributed by atoms with E-state index in [1.807, 2.05) is 6.07 Å². The second-order valence-corrected chi connectivity index (χ2v) is 6.39. The molecule has 0 spiro atoms. The summed E-state index contributed by atoms with van der Waals surface area (Å²) in [6.45, 7) is 0. The Morgan fingerprint density at radius 1 is 1.42 bits per heavy atom. The van der Waals surface area contributed by atoms with Crippen LogP contribution in [0.3, 0.4) is 0 Å². The zero-order chi connectivity index (χ0) is 13.2. The van der Waals surface area contributed by atoms with Gasteiger partial charge in [0.25, 0.3) is 0 Å². The van der Waals surface area contributed by atoms with Crippen LogP contribution >= 0.6 is 11.8 Å². The molecular weight excluding hydrogens is 297 g/mol. The first-order valence-corrected chi connectivity index (χ1v) is 7.82. The van der Waals surface area contributed by atoms with E-state index < -0.39 is 10.1 Å². The monoisotopic (exact) mass is 309 g/mol. The molecule has 0 aliphatic carbocycles. The third-order valence-corrected chi connectivity index (χ3v) is 4.01. The van der Waals surface area contributed by atoms with E-state index in [2.05, 4.69) is 9.97 Å². The van der Waals surface area contributed by atoms with Crippen molar-refractivity contribution in [1.82, 2.24) is 9.97 Å². The number of aromatic nitrogens is 2. The molecule has 3 N–H and O–H groups in total. The van der Waals surface area contributed by atoms with E-state index in [-0.39, 0.29) is 35.3 Å². The zero-order valence-corrected chi connectivity index (χ0v) is 14.1. The summed E-state index contributed by atoms with van der Waals surface area (Å²) in [5, 5.41) is 0.693. The van der Waals surface area contributed by atoms with Crippen molar-refractivity contribution in [2.75, 3.05) is 17.2 Å². The van der Waals surface area contributed by atoms with Gasteiger partial charge in [0, 0.05) is 17.2 Å². The van der Waals surface area contributed by atoms with Crippen LogP contribution in [0.25, 0.3) is 11.0 Å². The third kappa shape index (κ3) is 5.33. The molecule has 0 saturated heterocycles. The summed E-state index contributed by atoms with van der Waals surface area (Å²) < 4.78 is 31.3. The topological polar surface area (TPSA) is 112 Å². The molecule has 0 radical (unpaired) electrons. The van der Waals surface area contributed by atoms with E-state index in [1.165, 1.54) is 11.8 Å². The van der Waals surface area contributed by atoms with Crippen molar-refractivity contribution < 1.29 is 42.5 Å². The van der Waals surface area contributed by atoms with E-state index in [1.54, 1.807) is 12.1 Å². The fourth-order valence-electron chi connectivity index (χ4n) is 1.48. The van der Waals surface area contributed by atoms with Crippen molar-refractivity contribution in [2.24, 2.45) is 0 Å². The molecule has 2 aromatic rings. The normalized spacial score (nSPS) is 11.4. The number of nitrogens with zero attached hydrogens (tertiary/aromatic N) is 1. The van der Waals surface area contributed by atoms with E-state index in [4.69, 9.17) is 5.73 Å². The molecule has 1 aromatic heterocycles. The maximum Gasteiger partial charge on any atom is 1.00 e. The van der Waals surface area contributed by atoms with Crippen LogP contribution in [-0.2, 0) is 10.1 Å². The average Bonchev–Trinajstić information content (AvgIpc) is 2.65. The first kappa shape index (κ1) is 16.8. The van der Waals surface area contributed by atoms with Crippen molar-refractivity contribution in [1.29, 1.82) is 0 Å². The van der Waals surface area contributed by atoms with Gasteiger partial charge in [-0.1, -0.05) is 11.8 Å². The van der Waals surface area contributed by atoms with E-state index in [0.29, 0.717) is 23.0 Å². The van der Waals surface area contributed by atoms with Gasteiger partial charge in [0.05, 0.1) is 21.2 Å². The largest absolute Gasteiger partial charge is 1.00 e. The molecule has 9 heteroatoms. The summed E-state index contributed by atoms with van der Waals surface area (Å²) in [7, 11) is -4.12. The fraction of sp³-hybridized carbons (Fsp3) is 0.300. The van der Waals surface area contributed by atoms with Crippen LogP contribution in [0.1, 0.15) is 6.42 Å². The number of hydrogen-bond acceptors (Lipinski definition) is 6. The summed E-state index contributed by atoms with van der Waals surface area (Å²) in [6.07, 6.45) is 0.315. The minimum atomic E-state index is -4.12. The summed E-state index contributed by atoms with van der Waals surface area (Å²) in [4.78, 5) is 7.39. The number of anilines is 1. The molecule has 98 valence electrons. The van der Waals surface area contributed by atoms with Gasteiger partial charge in [-0.15, -0.1) is 0 Å². The van der Waals surface area contributed by atoms with Gasteiger partial charge in [-0.3, -0.25) is 0 Å². The Morgan fingerprint density at radius 3 is 2.84 bits per heavy atom. The van der Waals surface area contributed by atoms with Crippen LogP contribution in [0.4, 0.5) is 5.69 Å². The molecule has 0 saturated carbocycles. The van der Waals surface area contributed by atoms with Gasteiger partial charge in [-0.2, -0.15) is 0 Å². The van der Waals surface area contributed by atoms with Gasteiger partial charge < -0.3 is 15.3 Å². The van der Waals surface area contributed by atoms with Crippen LogP contribution in [0.2, 0.25) is 0 Å². The molecule has 0 atom stereocenters. The Balaban J connectivity index is 0.00000180. The number of H-pyrrole nitrogens is 1. The zero-order valence-electron chi connectivity index (χ0n) is 10.4. The van der Waals surface area contributed by atoms with Crippen molar-refractivity contribution >= 4 is 38.6 Å². The molecule has 0 unspecified atom stereocenters. The minimum absolute atomic E-state index is 0. The van der Waals surface area contributed by atoms with E-state index >= 15 is 0 Å². The molecule has 6 nitrogen and oxygen atoms in total. The molecule has 0 bridgehead atoms. The van der Waals surface area contributed by atoms with Crippen LogP contribution in [-0.4, -0.2) is 34.4 Å². The molecule has 0 aliphatic heterocycles. The summed E-state index contributed by atoms with van der Waals surface area (Å²) in [5.74, 6) is 0.184. The summed E-state index contributed by atoms with van der Waals surface area (Å²) in [6, 6.07) is 5.36. The molecule has 0 amide bonds. The van der Waals surface area contributed by atoms with E-state index in [9.17, 15) is 13.0 Å². The van der Waals surface area contributed by atoms with Crippen molar-refractivity contribution in [2.45, 2.75) is 11.6 Å². The number of nitrogen functional groups attached to an aromatic ring is 1. The smallest absolute Gasteiger partial charge is 0.748 e. The van der Waals surface area contributed by atoms with Crippen LogP contribution in [0.15, 0.2) is 23.4 Å². The van der Waals surface area contributed by atoms with Crippen molar-refractivity contribution in [3.63, 3.8) is 0 Å². The molecule has 1 heterocycles. The van der Waals surface area contributed by atoms with Gasteiger partial charge in [0.15, 0.2) is 5.16 Å². The summed E-state index contributed by atoms with van der Waals surface area (Å²) in [5.41, 5.74) is 7.95.